The summed E-state index contributed by atoms with van der Waals surface area (Å²) in [5.41, 5.74) is 0.844. The summed E-state index contributed by atoms with van der Waals surface area (Å²) in [4.78, 5) is 19.3. The summed E-state index contributed by atoms with van der Waals surface area (Å²) in [6, 6.07) is 0. The summed E-state index contributed by atoms with van der Waals surface area (Å²) in [5, 5.41) is 8.94. The van der Waals surface area contributed by atoms with E-state index < -0.39 is 5.97 Å². The fourth-order valence-corrected chi connectivity index (χ4v) is 1.46. The fraction of sp³-hybridized carbons (Fsp3) is 0.583. The molecule has 0 aromatic carbocycles. The van der Waals surface area contributed by atoms with Crippen molar-refractivity contribution in [2.24, 2.45) is 5.92 Å². The van der Waals surface area contributed by atoms with E-state index in [1.165, 1.54) is 6.20 Å². The highest BCUT2D eigenvalue weighted by atomic mass is 16.4. The number of carboxylic acid groups (broad SMARTS) is 1. The Morgan fingerprint density at radius 1 is 1.50 bits per heavy atom. The lowest BCUT2D eigenvalue weighted by molar-refractivity contribution is 0.0694. The number of hydrogen-bond acceptors (Lipinski definition) is 3. The smallest absolute Gasteiger partial charge is 0.339 e. The van der Waals surface area contributed by atoms with Crippen molar-refractivity contribution in [1.29, 1.82) is 0 Å². The number of hydrogen-bond donors (Lipinski definition) is 1. The third kappa shape index (κ3) is 3.02. The molecule has 1 aromatic heterocycles. The van der Waals surface area contributed by atoms with Crippen LogP contribution < -0.4 is 0 Å². The number of aromatic carboxylic acids is 1. The van der Waals surface area contributed by atoms with Crippen LogP contribution in [0.4, 0.5) is 0 Å². The number of carbonyl (C=O) groups is 1. The number of carboxylic acids is 1. The lowest BCUT2D eigenvalue weighted by Gasteiger charge is -2.09. The molecule has 4 heteroatoms. The summed E-state index contributed by atoms with van der Waals surface area (Å²) in [6.07, 6.45) is 3.93. The van der Waals surface area contributed by atoms with Crippen molar-refractivity contribution in [3.63, 3.8) is 0 Å². The summed E-state index contributed by atoms with van der Waals surface area (Å²) in [7, 11) is 0. The van der Waals surface area contributed by atoms with Gasteiger partial charge in [0, 0.05) is 12.6 Å². The summed E-state index contributed by atoms with van der Waals surface area (Å²) in [6.45, 7) is 6.17. The second-order valence-electron chi connectivity index (χ2n) is 4.02. The monoisotopic (exact) mass is 222 g/mol. The Bertz CT molecular complexity index is 377. The first kappa shape index (κ1) is 12.6. The van der Waals surface area contributed by atoms with Gasteiger partial charge in [0.1, 0.15) is 5.82 Å². The van der Waals surface area contributed by atoms with Crippen molar-refractivity contribution in [2.75, 3.05) is 0 Å². The minimum atomic E-state index is -0.952. The average Bonchev–Trinajstić information content (AvgIpc) is 2.28. The Hall–Kier alpha value is -1.45. The molecule has 0 spiro atoms. The molecule has 0 aliphatic heterocycles. The molecule has 0 fully saturated rings. The van der Waals surface area contributed by atoms with E-state index in [2.05, 4.69) is 23.8 Å². The van der Waals surface area contributed by atoms with E-state index in [0.29, 0.717) is 18.0 Å². The largest absolute Gasteiger partial charge is 0.478 e. The van der Waals surface area contributed by atoms with Crippen molar-refractivity contribution in [3.05, 3.63) is 23.3 Å². The molecule has 0 bridgehead atoms. The molecule has 16 heavy (non-hydrogen) atoms. The molecule has 1 atom stereocenters. The maximum Gasteiger partial charge on any atom is 0.339 e. The molecular formula is C12H18N2O2. The zero-order chi connectivity index (χ0) is 12.1. The van der Waals surface area contributed by atoms with Gasteiger partial charge in [-0.2, -0.15) is 0 Å². The van der Waals surface area contributed by atoms with Crippen molar-refractivity contribution in [3.8, 4) is 0 Å². The molecule has 4 nitrogen and oxygen atoms in total. The van der Waals surface area contributed by atoms with Gasteiger partial charge in [-0.15, -0.1) is 0 Å². The highest BCUT2D eigenvalue weighted by Crippen LogP contribution is 2.11. The standard InChI is InChI=1S/C12H18N2O2/c1-4-8(3)6-11-13-7-9(12(15)16)10(5-2)14-11/h7-8H,4-6H2,1-3H3,(H,15,16). The van der Waals surface area contributed by atoms with Gasteiger partial charge in [0.2, 0.25) is 0 Å². The van der Waals surface area contributed by atoms with Crippen LogP contribution in [0.3, 0.4) is 0 Å². The number of nitrogens with zero attached hydrogens (tertiary/aromatic N) is 2. The van der Waals surface area contributed by atoms with Gasteiger partial charge in [0.15, 0.2) is 0 Å². The molecule has 1 aromatic rings. The Morgan fingerprint density at radius 3 is 2.69 bits per heavy atom. The van der Waals surface area contributed by atoms with Gasteiger partial charge in [0.05, 0.1) is 11.3 Å². The van der Waals surface area contributed by atoms with Gasteiger partial charge in [-0.25, -0.2) is 14.8 Å². The lowest BCUT2D eigenvalue weighted by atomic mass is 10.0. The predicted molar refractivity (Wildman–Crippen MR) is 61.5 cm³/mol. The van der Waals surface area contributed by atoms with E-state index in [-0.39, 0.29) is 5.56 Å². The van der Waals surface area contributed by atoms with Gasteiger partial charge in [-0.1, -0.05) is 27.2 Å². The van der Waals surface area contributed by atoms with Crippen molar-refractivity contribution in [2.45, 2.75) is 40.0 Å². The highest BCUT2D eigenvalue weighted by Gasteiger charge is 2.12. The minimum absolute atomic E-state index is 0.218. The summed E-state index contributed by atoms with van der Waals surface area (Å²) < 4.78 is 0. The van der Waals surface area contributed by atoms with E-state index in [4.69, 9.17) is 5.11 Å². The number of aryl methyl sites for hydroxylation is 1. The van der Waals surface area contributed by atoms with Gasteiger partial charge in [0.25, 0.3) is 0 Å². The predicted octanol–water partition coefficient (Wildman–Crippen LogP) is 2.33. The topological polar surface area (TPSA) is 63.1 Å². The number of rotatable bonds is 5. The first-order valence-corrected chi connectivity index (χ1v) is 5.66. The zero-order valence-corrected chi connectivity index (χ0v) is 10.0. The maximum atomic E-state index is 10.9. The maximum absolute atomic E-state index is 10.9. The van der Waals surface area contributed by atoms with Crippen LogP contribution in [0.15, 0.2) is 6.20 Å². The normalized spacial score (nSPS) is 12.4. The van der Waals surface area contributed by atoms with Crippen LogP contribution in [0.25, 0.3) is 0 Å². The average molecular weight is 222 g/mol. The molecule has 1 rings (SSSR count). The molecule has 1 N–H and O–H groups in total. The van der Waals surface area contributed by atoms with E-state index in [1.807, 2.05) is 6.92 Å². The molecule has 0 amide bonds. The molecule has 0 saturated carbocycles. The van der Waals surface area contributed by atoms with Crippen molar-refractivity contribution in [1.82, 2.24) is 9.97 Å². The lowest BCUT2D eigenvalue weighted by Crippen LogP contribution is -2.10. The second kappa shape index (κ2) is 5.58. The molecule has 0 aliphatic carbocycles. The van der Waals surface area contributed by atoms with Gasteiger partial charge in [-0.05, 0) is 12.3 Å². The zero-order valence-electron chi connectivity index (χ0n) is 10.0. The van der Waals surface area contributed by atoms with Crippen LogP contribution in [0, 0.1) is 5.92 Å². The van der Waals surface area contributed by atoms with Gasteiger partial charge >= 0.3 is 5.97 Å². The summed E-state index contributed by atoms with van der Waals surface area (Å²) >= 11 is 0. The van der Waals surface area contributed by atoms with Gasteiger partial charge in [-0.3, -0.25) is 0 Å². The molecule has 0 radical (unpaired) electrons. The Kier molecular flexibility index (Phi) is 4.40. The molecule has 88 valence electrons. The molecular weight excluding hydrogens is 204 g/mol. The van der Waals surface area contributed by atoms with Crippen LogP contribution in [0.5, 0.6) is 0 Å². The first-order valence-electron chi connectivity index (χ1n) is 5.66. The molecule has 0 saturated heterocycles. The third-order valence-corrected chi connectivity index (χ3v) is 2.71. The van der Waals surface area contributed by atoms with Crippen LogP contribution in [0.1, 0.15) is 49.1 Å². The summed E-state index contributed by atoms with van der Waals surface area (Å²) in [5.74, 6) is 0.323. The number of aromatic nitrogens is 2. The van der Waals surface area contributed by atoms with Crippen LogP contribution >= 0.6 is 0 Å². The Morgan fingerprint density at radius 2 is 2.19 bits per heavy atom. The molecule has 0 aliphatic rings. The fourth-order valence-electron chi connectivity index (χ4n) is 1.46. The minimum Gasteiger partial charge on any atom is -0.478 e. The Labute approximate surface area is 95.7 Å². The van der Waals surface area contributed by atoms with E-state index >= 15 is 0 Å². The van der Waals surface area contributed by atoms with Gasteiger partial charge < -0.3 is 5.11 Å². The molecule has 1 unspecified atom stereocenters. The van der Waals surface area contributed by atoms with E-state index in [1.54, 1.807) is 0 Å². The SMILES string of the molecule is CCc1nc(CC(C)CC)ncc1C(=O)O. The highest BCUT2D eigenvalue weighted by molar-refractivity contribution is 5.88. The first-order chi connectivity index (χ1) is 7.58. The Balaban J connectivity index is 2.95. The van der Waals surface area contributed by atoms with Crippen molar-refractivity contribution < 1.29 is 9.90 Å². The van der Waals surface area contributed by atoms with Crippen LogP contribution in [-0.2, 0) is 12.8 Å². The van der Waals surface area contributed by atoms with E-state index in [0.717, 1.165) is 18.7 Å². The quantitative estimate of drug-likeness (QED) is 0.830. The van der Waals surface area contributed by atoms with Crippen molar-refractivity contribution >= 4 is 5.97 Å². The second-order valence-corrected chi connectivity index (χ2v) is 4.02. The van der Waals surface area contributed by atoms with Crippen LogP contribution in [0.2, 0.25) is 0 Å². The third-order valence-electron chi connectivity index (χ3n) is 2.71. The molecule has 1 heterocycles. The van der Waals surface area contributed by atoms with E-state index in [9.17, 15) is 4.79 Å². The van der Waals surface area contributed by atoms with Crippen LogP contribution in [-0.4, -0.2) is 21.0 Å².